The molecule has 0 unspecified atom stereocenters. The Morgan fingerprint density at radius 3 is 2.28 bits per heavy atom. The first kappa shape index (κ1) is 29.0. The predicted octanol–water partition coefficient (Wildman–Crippen LogP) is 3.19. The number of sulfonamides is 1. The van der Waals surface area contributed by atoms with Crippen LogP contribution in [0.25, 0.3) is 0 Å². The van der Waals surface area contributed by atoms with Crippen LogP contribution in [0.1, 0.15) is 39.2 Å². The van der Waals surface area contributed by atoms with Crippen molar-refractivity contribution in [2.75, 3.05) is 37.4 Å². The molecule has 0 radical (unpaired) electrons. The number of rotatable bonds is 14. The van der Waals surface area contributed by atoms with Crippen LogP contribution in [0.3, 0.4) is 0 Å². The molecule has 0 spiro atoms. The van der Waals surface area contributed by atoms with E-state index in [2.05, 4.69) is 5.32 Å². The van der Waals surface area contributed by atoms with E-state index in [1.54, 1.807) is 49.6 Å². The number of hydrogen-bond donors (Lipinski definition) is 1. The molecule has 2 aromatic rings. The van der Waals surface area contributed by atoms with Crippen molar-refractivity contribution in [2.45, 2.75) is 46.2 Å². The van der Waals surface area contributed by atoms with Gasteiger partial charge in [-0.2, -0.15) is 0 Å². The molecule has 1 atom stereocenters. The molecule has 0 bridgehead atoms. The summed E-state index contributed by atoms with van der Waals surface area (Å²) in [5.74, 6) is 0.452. The lowest BCUT2D eigenvalue weighted by molar-refractivity contribution is -0.140. The van der Waals surface area contributed by atoms with Gasteiger partial charge in [-0.15, -0.1) is 0 Å². The summed E-state index contributed by atoms with van der Waals surface area (Å²) in [6.45, 7) is 6.25. The smallest absolute Gasteiger partial charge is 0.244 e. The lowest BCUT2D eigenvalue weighted by Crippen LogP contribution is -2.52. The van der Waals surface area contributed by atoms with Crippen LogP contribution in [0.2, 0.25) is 0 Å². The molecular formula is C26H37N3O6S. The van der Waals surface area contributed by atoms with Crippen molar-refractivity contribution < 1.29 is 27.5 Å². The molecule has 2 rings (SSSR count). The van der Waals surface area contributed by atoms with Gasteiger partial charge in [-0.25, -0.2) is 8.42 Å². The van der Waals surface area contributed by atoms with Gasteiger partial charge in [0, 0.05) is 13.1 Å². The summed E-state index contributed by atoms with van der Waals surface area (Å²) in [5.41, 5.74) is 1.09. The number of methoxy groups -OCH3 is 1. The van der Waals surface area contributed by atoms with E-state index < -0.39 is 28.5 Å². The Balaban J connectivity index is 2.41. The highest BCUT2D eigenvalue weighted by Gasteiger charge is 2.31. The number of anilines is 1. The number of carbonyl (C=O) groups is 2. The number of hydrogen-bond acceptors (Lipinski definition) is 6. The van der Waals surface area contributed by atoms with Gasteiger partial charge in [0.1, 0.15) is 24.1 Å². The Morgan fingerprint density at radius 2 is 1.72 bits per heavy atom. The van der Waals surface area contributed by atoms with Gasteiger partial charge < -0.3 is 19.7 Å². The Kier molecular flexibility index (Phi) is 11.0. The molecule has 2 aromatic carbocycles. The average molecular weight is 520 g/mol. The predicted molar refractivity (Wildman–Crippen MR) is 141 cm³/mol. The molecule has 36 heavy (non-hydrogen) atoms. The van der Waals surface area contributed by atoms with Crippen LogP contribution in [0.5, 0.6) is 11.5 Å². The Labute approximate surface area is 214 Å². The lowest BCUT2D eigenvalue weighted by atomic mass is 10.1. The van der Waals surface area contributed by atoms with Crippen LogP contribution in [-0.2, 0) is 26.2 Å². The van der Waals surface area contributed by atoms with Crippen molar-refractivity contribution in [3.63, 3.8) is 0 Å². The van der Waals surface area contributed by atoms with E-state index in [0.29, 0.717) is 36.8 Å². The zero-order valence-electron chi connectivity index (χ0n) is 21.7. The zero-order valence-corrected chi connectivity index (χ0v) is 22.5. The van der Waals surface area contributed by atoms with Crippen LogP contribution in [0.15, 0.2) is 48.5 Å². The van der Waals surface area contributed by atoms with E-state index in [0.717, 1.165) is 22.5 Å². The van der Waals surface area contributed by atoms with Gasteiger partial charge in [0.25, 0.3) is 0 Å². The van der Waals surface area contributed by atoms with Gasteiger partial charge in [-0.1, -0.05) is 26.0 Å². The van der Waals surface area contributed by atoms with Gasteiger partial charge in [0.05, 0.1) is 25.7 Å². The minimum Gasteiger partial charge on any atom is -0.497 e. The SMILES string of the molecule is CCCNC(=O)[C@@H](CC)N(Cc1cccc(OC)c1)C(=O)CN(c1ccc(OCC)cc1)S(C)(=O)=O. The maximum Gasteiger partial charge on any atom is 0.244 e. The van der Waals surface area contributed by atoms with Crippen LogP contribution in [-0.4, -0.2) is 64.2 Å². The topological polar surface area (TPSA) is 105 Å². The zero-order chi connectivity index (χ0) is 26.7. The second kappa shape index (κ2) is 13.7. The van der Waals surface area contributed by atoms with Crippen molar-refractivity contribution >= 4 is 27.5 Å². The Hall–Kier alpha value is -3.27. The van der Waals surface area contributed by atoms with Crippen molar-refractivity contribution in [1.82, 2.24) is 10.2 Å². The number of ether oxygens (including phenoxy) is 2. The van der Waals surface area contributed by atoms with Crippen LogP contribution in [0, 0.1) is 0 Å². The van der Waals surface area contributed by atoms with E-state index >= 15 is 0 Å². The molecule has 0 saturated heterocycles. The largest absolute Gasteiger partial charge is 0.497 e. The first-order valence-corrected chi connectivity index (χ1v) is 13.9. The average Bonchev–Trinajstić information content (AvgIpc) is 2.86. The molecule has 0 heterocycles. The van der Waals surface area contributed by atoms with Gasteiger partial charge in [0.15, 0.2) is 0 Å². The standard InChI is InChI=1S/C26H37N3O6S/c1-6-16-27-26(31)24(7-2)28(18-20-10-9-11-23(17-20)34-4)25(30)19-29(36(5,32)33)21-12-14-22(15-13-21)35-8-3/h9-15,17,24H,6-8,16,18-19H2,1-5H3,(H,27,31)/t24-/m1/s1. The second-order valence-corrected chi connectivity index (χ2v) is 10.2. The summed E-state index contributed by atoms with van der Waals surface area (Å²) in [7, 11) is -2.25. The van der Waals surface area contributed by atoms with Gasteiger partial charge in [-0.05, 0) is 61.7 Å². The minimum atomic E-state index is -3.80. The fourth-order valence-electron chi connectivity index (χ4n) is 3.74. The lowest BCUT2D eigenvalue weighted by Gasteiger charge is -2.33. The molecule has 0 saturated carbocycles. The van der Waals surface area contributed by atoms with Crippen LogP contribution in [0.4, 0.5) is 5.69 Å². The van der Waals surface area contributed by atoms with Crippen molar-refractivity contribution in [3.8, 4) is 11.5 Å². The van der Waals surface area contributed by atoms with Gasteiger partial charge in [0.2, 0.25) is 21.8 Å². The number of carbonyl (C=O) groups excluding carboxylic acids is 2. The molecule has 0 aliphatic carbocycles. The monoisotopic (exact) mass is 519 g/mol. The summed E-state index contributed by atoms with van der Waals surface area (Å²) in [5, 5.41) is 2.86. The maximum atomic E-state index is 13.7. The van der Waals surface area contributed by atoms with E-state index in [1.807, 2.05) is 26.8 Å². The molecular weight excluding hydrogens is 482 g/mol. The summed E-state index contributed by atoms with van der Waals surface area (Å²) in [4.78, 5) is 28.1. The van der Waals surface area contributed by atoms with Crippen LogP contribution < -0.4 is 19.1 Å². The number of nitrogens with one attached hydrogen (secondary N) is 1. The first-order valence-electron chi connectivity index (χ1n) is 12.0. The highest BCUT2D eigenvalue weighted by molar-refractivity contribution is 7.92. The summed E-state index contributed by atoms with van der Waals surface area (Å²) in [6.07, 6.45) is 2.17. The molecule has 10 heteroatoms. The number of amides is 2. The normalized spacial score (nSPS) is 11.9. The van der Waals surface area contributed by atoms with Crippen molar-refractivity contribution in [3.05, 3.63) is 54.1 Å². The summed E-state index contributed by atoms with van der Waals surface area (Å²) in [6, 6.07) is 12.9. The summed E-state index contributed by atoms with van der Waals surface area (Å²) >= 11 is 0. The third-order valence-corrected chi connectivity index (χ3v) is 6.68. The van der Waals surface area contributed by atoms with Gasteiger partial charge >= 0.3 is 0 Å². The van der Waals surface area contributed by atoms with E-state index in [9.17, 15) is 18.0 Å². The molecule has 9 nitrogen and oxygen atoms in total. The minimum absolute atomic E-state index is 0.120. The Bertz CT molecular complexity index is 1100. The molecule has 0 aromatic heterocycles. The van der Waals surface area contributed by atoms with Crippen LogP contribution >= 0.6 is 0 Å². The molecule has 0 aliphatic heterocycles. The maximum absolute atomic E-state index is 13.7. The van der Waals surface area contributed by atoms with Crippen molar-refractivity contribution in [2.24, 2.45) is 0 Å². The summed E-state index contributed by atoms with van der Waals surface area (Å²) < 4.78 is 37.1. The van der Waals surface area contributed by atoms with Gasteiger partial charge in [-0.3, -0.25) is 13.9 Å². The third kappa shape index (κ3) is 8.15. The third-order valence-electron chi connectivity index (χ3n) is 5.54. The Morgan fingerprint density at radius 1 is 1.03 bits per heavy atom. The molecule has 0 fully saturated rings. The quantitative estimate of drug-likeness (QED) is 0.411. The van der Waals surface area contributed by atoms with E-state index in [4.69, 9.17) is 9.47 Å². The van der Waals surface area contributed by atoms with E-state index in [-0.39, 0.29) is 12.5 Å². The second-order valence-electron chi connectivity index (χ2n) is 8.28. The van der Waals surface area contributed by atoms with Crippen molar-refractivity contribution in [1.29, 1.82) is 0 Å². The fraction of sp³-hybridized carbons (Fsp3) is 0.462. The molecule has 0 aliphatic rings. The van der Waals surface area contributed by atoms with E-state index in [1.165, 1.54) is 4.90 Å². The molecule has 2 amide bonds. The number of nitrogens with zero attached hydrogens (tertiary/aromatic N) is 2. The molecule has 1 N–H and O–H groups in total. The first-order chi connectivity index (χ1) is 17.1. The highest BCUT2D eigenvalue weighted by atomic mass is 32.2. The molecule has 198 valence electrons. The highest BCUT2D eigenvalue weighted by Crippen LogP contribution is 2.23. The fourth-order valence-corrected chi connectivity index (χ4v) is 4.59. The number of benzene rings is 2.